The average Bonchev–Trinajstić information content (AvgIpc) is 3.85. The van der Waals surface area contributed by atoms with Crippen LogP contribution in [0.3, 0.4) is 0 Å². The van der Waals surface area contributed by atoms with Crippen LogP contribution in [0.4, 0.5) is 0 Å². The van der Waals surface area contributed by atoms with Gasteiger partial charge in [-0.3, -0.25) is 0 Å². The maximum atomic E-state index is 10.4. The van der Waals surface area contributed by atoms with Gasteiger partial charge in [0.1, 0.15) is 11.5 Å². The second-order valence-corrected chi connectivity index (χ2v) is 10.8. The summed E-state index contributed by atoms with van der Waals surface area (Å²) in [7, 11) is 0. The molecule has 0 atom stereocenters. The van der Waals surface area contributed by atoms with Crippen LogP contribution in [0.5, 0.6) is 11.5 Å². The molecule has 6 aromatic rings. The summed E-state index contributed by atoms with van der Waals surface area (Å²) in [4.78, 5) is 17.4. The molecular formula is C38H26N4O2. The molecule has 44 heavy (non-hydrogen) atoms. The first-order chi connectivity index (χ1) is 21.6. The fourth-order valence-electron chi connectivity index (χ4n) is 5.98. The number of fused-ring (bicyclic) bond motifs is 8. The van der Waals surface area contributed by atoms with E-state index in [1.807, 2.05) is 85.0 Å². The Labute approximate surface area is 253 Å². The standard InChI is InChI=1S/C38H26N4O2/c43-28-10-4-8-24(20-28)37-30-14-12-26(39-30)22-27-13-15-31(40-27)38(25-9-5-11-29(44)21-25)35-19-17-33(42-35)36(23-6-2-1-3-7-23)32-16-18-34(37)41-32/h1-22,39,42-44H. The normalized spacial score (nSPS) is 12.1. The van der Waals surface area contributed by atoms with Crippen molar-refractivity contribution < 1.29 is 10.2 Å². The molecule has 4 N–H and O–H groups in total. The van der Waals surface area contributed by atoms with Crippen molar-refractivity contribution >= 4 is 46.4 Å². The van der Waals surface area contributed by atoms with E-state index in [4.69, 9.17) is 9.97 Å². The first-order valence-electron chi connectivity index (χ1n) is 14.4. The van der Waals surface area contributed by atoms with Gasteiger partial charge in [-0.2, -0.15) is 0 Å². The number of hydrogen-bond acceptors (Lipinski definition) is 4. The number of hydrogen-bond donors (Lipinski definition) is 4. The van der Waals surface area contributed by atoms with Gasteiger partial charge in [-0.05, 0) is 95.6 Å². The molecule has 5 heterocycles. The van der Waals surface area contributed by atoms with Gasteiger partial charge in [0.25, 0.3) is 0 Å². The molecule has 3 aromatic carbocycles. The Hall–Kier alpha value is -6.14. The van der Waals surface area contributed by atoms with Crippen molar-refractivity contribution in [3.63, 3.8) is 0 Å². The molecule has 0 radical (unpaired) electrons. The molecule has 2 aliphatic rings. The van der Waals surface area contributed by atoms with Gasteiger partial charge in [-0.15, -0.1) is 0 Å². The van der Waals surface area contributed by atoms with E-state index in [1.54, 1.807) is 24.3 Å². The van der Waals surface area contributed by atoms with Crippen LogP contribution in [0.1, 0.15) is 22.8 Å². The maximum Gasteiger partial charge on any atom is 0.116 e. The molecule has 0 fully saturated rings. The third-order valence-electron chi connectivity index (χ3n) is 7.91. The highest BCUT2D eigenvalue weighted by Crippen LogP contribution is 2.37. The number of aromatic nitrogens is 4. The highest BCUT2D eigenvalue weighted by molar-refractivity contribution is 5.97. The molecule has 0 unspecified atom stereocenters. The van der Waals surface area contributed by atoms with Crippen molar-refractivity contribution in [3.05, 3.63) is 132 Å². The number of nitrogens with zero attached hydrogens (tertiary/aromatic N) is 2. The van der Waals surface area contributed by atoms with Crippen LogP contribution in [-0.4, -0.2) is 30.1 Å². The van der Waals surface area contributed by atoms with E-state index in [0.29, 0.717) is 0 Å². The Kier molecular flexibility index (Phi) is 5.98. The number of benzene rings is 3. The predicted octanol–water partition coefficient (Wildman–Crippen LogP) is 9.07. The molecule has 8 bridgehead atoms. The van der Waals surface area contributed by atoms with Crippen molar-refractivity contribution in [2.24, 2.45) is 0 Å². The fourth-order valence-corrected chi connectivity index (χ4v) is 5.98. The number of phenols is 2. The first-order valence-corrected chi connectivity index (χ1v) is 14.4. The molecule has 6 heteroatoms. The second-order valence-electron chi connectivity index (χ2n) is 10.8. The summed E-state index contributed by atoms with van der Waals surface area (Å²) < 4.78 is 0. The van der Waals surface area contributed by atoms with E-state index in [2.05, 4.69) is 34.2 Å². The fraction of sp³-hybridized carbons (Fsp3) is 0. The van der Waals surface area contributed by atoms with Crippen LogP contribution in [0.15, 0.2) is 109 Å². The SMILES string of the molecule is Oc1cccc(-c2c3nc(c(-c4ccccc4)c4ccc([nH]4)c(-c4cccc(O)c4)c4nc(cc5ccc2[nH]5)C=C4)C=C3)c1. The number of rotatable bonds is 3. The zero-order valence-corrected chi connectivity index (χ0v) is 23.5. The van der Waals surface area contributed by atoms with Crippen LogP contribution in [0, 0.1) is 0 Å². The minimum atomic E-state index is 0.190. The Bertz CT molecular complexity index is 2270. The topological polar surface area (TPSA) is 97.8 Å². The molecule has 0 spiro atoms. The lowest BCUT2D eigenvalue weighted by atomic mass is 10.0. The van der Waals surface area contributed by atoms with Gasteiger partial charge in [-0.25, -0.2) is 9.97 Å². The van der Waals surface area contributed by atoms with Crippen LogP contribution in [0.2, 0.25) is 0 Å². The lowest BCUT2D eigenvalue weighted by Crippen LogP contribution is -1.88. The van der Waals surface area contributed by atoms with Gasteiger partial charge in [0.15, 0.2) is 0 Å². The van der Waals surface area contributed by atoms with Gasteiger partial charge in [0.2, 0.25) is 0 Å². The maximum absolute atomic E-state index is 10.4. The molecule has 8 rings (SSSR count). The number of phenolic OH excluding ortho intramolecular Hbond substituents is 2. The number of H-pyrrole nitrogens is 2. The van der Waals surface area contributed by atoms with Gasteiger partial charge in [0.05, 0.1) is 22.8 Å². The molecule has 0 aliphatic carbocycles. The van der Waals surface area contributed by atoms with Crippen molar-refractivity contribution in [2.45, 2.75) is 0 Å². The van der Waals surface area contributed by atoms with E-state index in [0.717, 1.165) is 78.2 Å². The molecule has 2 aliphatic heterocycles. The van der Waals surface area contributed by atoms with Crippen molar-refractivity contribution in [1.82, 2.24) is 19.9 Å². The zero-order chi connectivity index (χ0) is 29.6. The van der Waals surface area contributed by atoms with Crippen molar-refractivity contribution in [1.29, 1.82) is 0 Å². The monoisotopic (exact) mass is 570 g/mol. The van der Waals surface area contributed by atoms with Crippen molar-refractivity contribution in [2.75, 3.05) is 0 Å². The van der Waals surface area contributed by atoms with Crippen LogP contribution >= 0.6 is 0 Å². The Morgan fingerprint density at radius 2 is 0.955 bits per heavy atom. The molecule has 3 aromatic heterocycles. The first kappa shape index (κ1) is 25.6. The summed E-state index contributed by atoms with van der Waals surface area (Å²) in [5, 5.41) is 20.7. The summed E-state index contributed by atoms with van der Waals surface area (Å²) >= 11 is 0. The molecule has 0 saturated carbocycles. The summed E-state index contributed by atoms with van der Waals surface area (Å²) in [6, 6.07) is 34.9. The number of aromatic hydroxyl groups is 2. The largest absolute Gasteiger partial charge is 0.508 e. The molecule has 6 nitrogen and oxygen atoms in total. The lowest BCUT2D eigenvalue weighted by molar-refractivity contribution is 0.475. The van der Waals surface area contributed by atoms with Crippen LogP contribution in [-0.2, 0) is 0 Å². The Morgan fingerprint density at radius 3 is 1.59 bits per heavy atom. The molecule has 0 amide bonds. The summed E-state index contributed by atoms with van der Waals surface area (Å²) in [5.41, 5.74) is 12.2. The third kappa shape index (κ3) is 4.55. The predicted molar refractivity (Wildman–Crippen MR) is 178 cm³/mol. The van der Waals surface area contributed by atoms with Gasteiger partial charge in [0, 0.05) is 38.8 Å². The Morgan fingerprint density at radius 1 is 0.432 bits per heavy atom. The minimum absolute atomic E-state index is 0.190. The van der Waals surface area contributed by atoms with Gasteiger partial charge < -0.3 is 20.2 Å². The smallest absolute Gasteiger partial charge is 0.116 e. The highest BCUT2D eigenvalue weighted by atomic mass is 16.3. The zero-order valence-electron chi connectivity index (χ0n) is 23.5. The van der Waals surface area contributed by atoms with E-state index in [9.17, 15) is 10.2 Å². The van der Waals surface area contributed by atoms with Gasteiger partial charge in [-0.1, -0.05) is 54.6 Å². The van der Waals surface area contributed by atoms with Gasteiger partial charge >= 0.3 is 0 Å². The molecule has 210 valence electrons. The van der Waals surface area contributed by atoms with Crippen molar-refractivity contribution in [3.8, 4) is 44.9 Å². The third-order valence-corrected chi connectivity index (χ3v) is 7.91. The summed E-state index contributed by atoms with van der Waals surface area (Å²) in [6.45, 7) is 0. The quantitative estimate of drug-likeness (QED) is 0.170. The molecule has 0 saturated heterocycles. The van der Waals surface area contributed by atoms with Crippen LogP contribution < -0.4 is 0 Å². The average molecular weight is 571 g/mol. The van der Waals surface area contributed by atoms with E-state index in [1.165, 1.54) is 0 Å². The number of nitrogens with one attached hydrogen (secondary N) is 2. The van der Waals surface area contributed by atoms with E-state index >= 15 is 0 Å². The minimum Gasteiger partial charge on any atom is -0.508 e. The Balaban J connectivity index is 1.54. The second kappa shape index (κ2) is 10.3. The lowest BCUT2D eigenvalue weighted by Gasteiger charge is -2.06. The van der Waals surface area contributed by atoms with Crippen LogP contribution in [0.25, 0.3) is 79.8 Å². The highest BCUT2D eigenvalue weighted by Gasteiger charge is 2.17. The summed E-state index contributed by atoms with van der Waals surface area (Å²) in [6.07, 6.45) is 8.06. The molecular weight excluding hydrogens is 544 g/mol. The van der Waals surface area contributed by atoms with E-state index < -0.39 is 0 Å². The van der Waals surface area contributed by atoms with E-state index in [-0.39, 0.29) is 11.5 Å². The summed E-state index contributed by atoms with van der Waals surface area (Å²) in [5.74, 6) is 0.380. The number of aromatic amines is 2.